The van der Waals surface area contributed by atoms with Crippen LogP contribution in [0, 0.1) is 0 Å². The number of nitrogens with one attached hydrogen (secondary N) is 2. The van der Waals surface area contributed by atoms with Crippen molar-refractivity contribution < 1.29 is 9.59 Å². The second-order valence-electron chi connectivity index (χ2n) is 7.80. The maximum absolute atomic E-state index is 12.9. The Morgan fingerprint density at radius 2 is 1.83 bits per heavy atom. The largest absolute Gasteiger partial charge is 0.349 e. The van der Waals surface area contributed by atoms with Crippen molar-refractivity contribution in [1.82, 2.24) is 15.2 Å². The quantitative estimate of drug-likeness (QED) is 0.694. The summed E-state index contributed by atoms with van der Waals surface area (Å²) >= 11 is 12.2. The van der Waals surface area contributed by atoms with E-state index >= 15 is 0 Å². The number of benzene rings is 1. The van der Waals surface area contributed by atoms with Gasteiger partial charge in [0.15, 0.2) is 0 Å². The van der Waals surface area contributed by atoms with Crippen molar-refractivity contribution in [3.63, 3.8) is 0 Å². The first-order valence-corrected chi connectivity index (χ1v) is 10.7. The maximum atomic E-state index is 12.9. The minimum Gasteiger partial charge on any atom is -0.349 e. The summed E-state index contributed by atoms with van der Waals surface area (Å²) in [6.45, 7) is 0. The van der Waals surface area contributed by atoms with Crippen LogP contribution in [0.25, 0.3) is 0 Å². The zero-order valence-corrected chi connectivity index (χ0v) is 18.6. The average molecular weight is 449 g/mol. The molecular weight excluding hydrogens is 423 g/mol. The Morgan fingerprint density at radius 3 is 2.47 bits per heavy atom. The molecule has 1 aliphatic carbocycles. The van der Waals surface area contributed by atoms with Crippen molar-refractivity contribution >= 4 is 40.8 Å². The molecule has 160 valence electrons. The lowest BCUT2D eigenvalue weighted by atomic mass is 9.90. The Kier molecular flexibility index (Phi) is 7.69. The number of nitrogens with zero attached hydrogens (tertiary/aromatic N) is 2. The van der Waals surface area contributed by atoms with E-state index < -0.39 is 0 Å². The molecular formula is C22H26Cl2N4O2. The third-order valence-electron chi connectivity index (χ3n) is 5.46. The van der Waals surface area contributed by atoms with E-state index in [9.17, 15) is 9.59 Å². The number of carbonyl (C=O) groups is 2. The summed E-state index contributed by atoms with van der Waals surface area (Å²) in [5.74, 6) is -0.114. The van der Waals surface area contributed by atoms with Crippen LogP contribution in [-0.4, -0.2) is 47.9 Å². The van der Waals surface area contributed by atoms with Gasteiger partial charge in [-0.1, -0.05) is 29.3 Å². The highest BCUT2D eigenvalue weighted by atomic mass is 35.5. The predicted octanol–water partition coefficient (Wildman–Crippen LogP) is 4.17. The Balaban J connectivity index is 1.66. The average Bonchev–Trinajstić information content (AvgIpc) is 2.71. The van der Waals surface area contributed by atoms with E-state index in [1.807, 2.05) is 0 Å². The Hall–Kier alpha value is -2.15. The smallest absolute Gasteiger partial charge is 0.251 e. The SMILES string of the molecule is CN(C)C1CCC(NC(=O)c2cccc(Cl)c2CC(=O)Nc2ccc(Cl)cn2)CC1. The molecule has 2 N–H and O–H groups in total. The third kappa shape index (κ3) is 5.94. The van der Waals surface area contributed by atoms with Gasteiger partial charge in [-0.3, -0.25) is 9.59 Å². The van der Waals surface area contributed by atoms with Gasteiger partial charge in [-0.05, 0) is 69.6 Å². The monoisotopic (exact) mass is 448 g/mol. The van der Waals surface area contributed by atoms with Crippen molar-refractivity contribution in [2.75, 3.05) is 19.4 Å². The molecule has 0 radical (unpaired) electrons. The number of anilines is 1. The van der Waals surface area contributed by atoms with Crippen LogP contribution in [-0.2, 0) is 11.2 Å². The number of pyridine rings is 1. The standard InChI is InChI=1S/C22H26Cl2N4O2/c1-28(2)16-9-7-15(8-10-16)26-22(30)17-4-3-5-19(24)18(17)12-21(29)27-20-11-6-14(23)13-25-20/h3-6,11,13,15-16H,7-10,12H2,1-2H3,(H,26,30)(H,25,27,29). The minimum absolute atomic E-state index is 0.0277. The lowest BCUT2D eigenvalue weighted by Gasteiger charge is -2.33. The molecule has 0 aliphatic heterocycles. The highest BCUT2D eigenvalue weighted by molar-refractivity contribution is 6.32. The summed E-state index contributed by atoms with van der Waals surface area (Å²) < 4.78 is 0. The second-order valence-corrected chi connectivity index (χ2v) is 8.64. The summed E-state index contributed by atoms with van der Waals surface area (Å²) in [5.41, 5.74) is 0.932. The number of hydrogen-bond acceptors (Lipinski definition) is 4. The van der Waals surface area contributed by atoms with E-state index in [1.54, 1.807) is 30.3 Å². The van der Waals surface area contributed by atoms with Gasteiger partial charge >= 0.3 is 0 Å². The van der Waals surface area contributed by atoms with Gasteiger partial charge in [0.2, 0.25) is 5.91 Å². The number of rotatable bonds is 6. The van der Waals surface area contributed by atoms with E-state index in [4.69, 9.17) is 23.2 Å². The van der Waals surface area contributed by atoms with Crippen LogP contribution in [0.4, 0.5) is 5.82 Å². The van der Waals surface area contributed by atoms with Crippen molar-refractivity contribution in [2.45, 2.75) is 44.2 Å². The van der Waals surface area contributed by atoms with E-state index in [1.165, 1.54) is 6.20 Å². The Bertz CT molecular complexity index is 895. The van der Waals surface area contributed by atoms with Gasteiger partial charge in [-0.25, -0.2) is 4.98 Å². The van der Waals surface area contributed by atoms with Crippen LogP contribution in [0.3, 0.4) is 0 Å². The van der Waals surface area contributed by atoms with Crippen LogP contribution in [0.5, 0.6) is 0 Å². The van der Waals surface area contributed by atoms with E-state index in [0.29, 0.717) is 33.0 Å². The molecule has 8 heteroatoms. The molecule has 1 aromatic heterocycles. The highest BCUT2D eigenvalue weighted by Crippen LogP contribution is 2.24. The molecule has 0 spiro atoms. The number of amides is 2. The van der Waals surface area contributed by atoms with Crippen LogP contribution in [0.1, 0.15) is 41.6 Å². The fraction of sp³-hybridized carbons (Fsp3) is 0.409. The summed E-state index contributed by atoms with van der Waals surface area (Å²) in [5, 5.41) is 6.69. The molecule has 3 rings (SSSR count). The molecule has 6 nitrogen and oxygen atoms in total. The third-order valence-corrected chi connectivity index (χ3v) is 6.04. The Labute approximate surface area is 187 Å². The van der Waals surface area contributed by atoms with Gasteiger partial charge in [0.1, 0.15) is 5.82 Å². The summed E-state index contributed by atoms with van der Waals surface area (Å²) in [6, 6.07) is 9.06. The first kappa shape index (κ1) is 22.5. The van der Waals surface area contributed by atoms with Crippen LogP contribution < -0.4 is 10.6 Å². The molecule has 1 aliphatic rings. The van der Waals surface area contributed by atoms with Crippen LogP contribution in [0.15, 0.2) is 36.5 Å². The lowest BCUT2D eigenvalue weighted by Crippen LogP contribution is -2.42. The molecule has 0 bridgehead atoms. The first-order valence-electron chi connectivity index (χ1n) is 9.99. The topological polar surface area (TPSA) is 74.3 Å². The van der Waals surface area contributed by atoms with E-state index in [-0.39, 0.29) is 24.3 Å². The van der Waals surface area contributed by atoms with Gasteiger partial charge in [0.25, 0.3) is 5.91 Å². The molecule has 2 aromatic rings. The summed E-state index contributed by atoms with van der Waals surface area (Å²) in [7, 11) is 4.18. The molecule has 1 aromatic carbocycles. The second kappa shape index (κ2) is 10.2. The number of hydrogen-bond donors (Lipinski definition) is 2. The van der Waals surface area contributed by atoms with Gasteiger partial charge in [-0.2, -0.15) is 0 Å². The predicted molar refractivity (Wildman–Crippen MR) is 120 cm³/mol. The van der Waals surface area contributed by atoms with Gasteiger partial charge in [-0.15, -0.1) is 0 Å². The van der Waals surface area contributed by atoms with Crippen molar-refractivity contribution in [3.8, 4) is 0 Å². The number of halogens is 2. The lowest BCUT2D eigenvalue weighted by molar-refractivity contribution is -0.115. The fourth-order valence-corrected chi connectivity index (χ4v) is 4.10. The molecule has 0 unspecified atom stereocenters. The normalized spacial score (nSPS) is 18.8. The molecule has 0 atom stereocenters. The summed E-state index contributed by atoms with van der Waals surface area (Å²) in [6.07, 6.45) is 5.41. The van der Waals surface area contributed by atoms with Crippen molar-refractivity contribution in [1.29, 1.82) is 0 Å². The maximum Gasteiger partial charge on any atom is 0.251 e. The zero-order chi connectivity index (χ0) is 21.7. The molecule has 30 heavy (non-hydrogen) atoms. The van der Waals surface area contributed by atoms with Crippen LogP contribution in [0.2, 0.25) is 10.0 Å². The van der Waals surface area contributed by atoms with Gasteiger partial charge < -0.3 is 15.5 Å². The molecule has 0 saturated heterocycles. The van der Waals surface area contributed by atoms with Crippen molar-refractivity contribution in [2.24, 2.45) is 0 Å². The van der Waals surface area contributed by atoms with E-state index in [2.05, 4.69) is 34.6 Å². The number of carbonyl (C=O) groups excluding carboxylic acids is 2. The molecule has 2 amide bonds. The zero-order valence-electron chi connectivity index (χ0n) is 17.1. The molecule has 1 saturated carbocycles. The minimum atomic E-state index is -0.307. The fourth-order valence-electron chi connectivity index (χ4n) is 3.75. The summed E-state index contributed by atoms with van der Waals surface area (Å²) in [4.78, 5) is 31.7. The Morgan fingerprint density at radius 1 is 1.10 bits per heavy atom. The number of aromatic nitrogens is 1. The van der Waals surface area contributed by atoms with Crippen molar-refractivity contribution in [3.05, 3.63) is 57.7 Å². The van der Waals surface area contributed by atoms with Gasteiger partial charge in [0.05, 0.1) is 11.4 Å². The first-order chi connectivity index (χ1) is 14.3. The van der Waals surface area contributed by atoms with E-state index in [0.717, 1.165) is 25.7 Å². The molecule has 1 fully saturated rings. The highest BCUT2D eigenvalue weighted by Gasteiger charge is 2.25. The molecule has 1 heterocycles. The van der Waals surface area contributed by atoms with Gasteiger partial charge in [0, 0.05) is 28.9 Å². The van der Waals surface area contributed by atoms with Crippen LogP contribution >= 0.6 is 23.2 Å².